The van der Waals surface area contributed by atoms with Crippen LogP contribution in [-0.2, 0) is 9.84 Å². The van der Waals surface area contributed by atoms with Gasteiger partial charge in [0.2, 0.25) is 5.95 Å². The molecule has 0 radical (unpaired) electrons. The van der Waals surface area contributed by atoms with Gasteiger partial charge < -0.3 is 10.6 Å². The second kappa shape index (κ2) is 4.44. The van der Waals surface area contributed by atoms with Crippen LogP contribution in [0.15, 0.2) is 6.20 Å². The second-order valence-electron chi connectivity index (χ2n) is 3.88. The van der Waals surface area contributed by atoms with Gasteiger partial charge in [-0.1, -0.05) is 0 Å². The first-order valence-electron chi connectivity index (χ1n) is 5.17. The van der Waals surface area contributed by atoms with Crippen molar-refractivity contribution in [2.75, 3.05) is 29.2 Å². The number of hydrogen-bond acceptors (Lipinski definition) is 6. The maximum Gasteiger partial charge on any atom is 0.224 e. The summed E-state index contributed by atoms with van der Waals surface area (Å²) >= 11 is 0. The van der Waals surface area contributed by atoms with Gasteiger partial charge >= 0.3 is 0 Å². The molecule has 6 nitrogen and oxygen atoms in total. The van der Waals surface area contributed by atoms with E-state index in [4.69, 9.17) is 0 Å². The molecule has 1 aromatic heterocycles. The lowest BCUT2D eigenvalue weighted by molar-refractivity contribution is 0.601. The number of aromatic nitrogens is 2. The minimum atomic E-state index is -2.99. The third-order valence-corrected chi connectivity index (χ3v) is 4.31. The first kappa shape index (κ1) is 12.0. The normalized spacial score (nSPS) is 22.4. The van der Waals surface area contributed by atoms with E-state index in [2.05, 4.69) is 20.6 Å². The van der Waals surface area contributed by atoms with Gasteiger partial charge in [-0.05, 0) is 6.42 Å². The van der Waals surface area contributed by atoms with Crippen molar-refractivity contribution in [3.63, 3.8) is 0 Å². The zero-order valence-corrected chi connectivity index (χ0v) is 10.1. The zero-order valence-electron chi connectivity index (χ0n) is 9.27. The standard InChI is InChI=1S/C9H13FN4O2S/c1-11-9-12-4-7(10)8(14-9)13-6-2-3-17(15,16)5-6/h4,6H,2-3,5H2,1H3,(H2,11,12,13,14). The molecule has 1 aliphatic rings. The molecular formula is C9H13FN4O2S. The average molecular weight is 260 g/mol. The molecule has 1 aliphatic heterocycles. The SMILES string of the molecule is CNc1ncc(F)c(NC2CCS(=O)(=O)C2)n1. The summed E-state index contributed by atoms with van der Waals surface area (Å²) in [6.45, 7) is 0. The van der Waals surface area contributed by atoms with E-state index in [0.717, 1.165) is 6.20 Å². The summed E-state index contributed by atoms with van der Waals surface area (Å²) in [5.41, 5.74) is 0. The van der Waals surface area contributed by atoms with Crippen LogP contribution in [0.2, 0.25) is 0 Å². The number of nitrogens with one attached hydrogen (secondary N) is 2. The van der Waals surface area contributed by atoms with Gasteiger partial charge in [-0.2, -0.15) is 4.98 Å². The van der Waals surface area contributed by atoms with Crippen molar-refractivity contribution < 1.29 is 12.8 Å². The molecule has 0 bridgehead atoms. The first-order chi connectivity index (χ1) is 8.00. The fourth-order valence-corrected chi connectivity index (χ4v) is 3.36. The average Bonchev–Trinajstić information content (AvgIpc) is 2.61. The Morgan fingerprint density at radius 2 is 2.29 bits per heavy atom. The van der Waals surface area contributed by atoms with Crippen LogP contribution in [0.5, 0.6) is 0 Å². The first-order valence-corrected chi connectivity index (χ1v) is 6.99. The van der Waals surface area contributed by atoms with Crippen molar-refractivity contribution in [1.82, 2.24) is 9.97 Å². The molecule has 94 valence electrons. The molecule has 1 unspecified atom stereocenters. The lowest BCUT2D eigenvalue weighted by atomic mass is 10.2. The molecule has 0 aliphatic carbocycles. The Labute approximate surface area is 98.6 Å². The third kappa shape index (κ3) is 2.82. The lowest BCUT2D eigenvalue weighted by Crippen LogP contribution is -2.22. The van der Waals surface area contributed by atoms with Crippen LogP contribution in [0, 0.1) is 5.82 Å². The van der Waals surface area contributed by atoms with Gasteiger partial charge in [0.15, 0.2) is 21.5 Å². The predicted molar refractivity (Wildman–Crippen MR) is 62.2 cm³/mol. The Hall–Kier alpha value is -1.44. The molecule has 0 spiro atoms. The number of sulfone groups is 1. The van der Waals surface area contributed by atoms with Crippen LogP contribution in [-0.4, -0.2) is 43.0 Å². The summed E-state index contributed by atoms with van der Waals surface area (Å²) in [7, 11) is -1.37. The zero-order chi connectivity index (χ0) is 12.5. The molecule has 1 aromatic rings. The van der Waals surface area contributed by atoms with Gasteiger partial charge in [0.25, 0.3) is 0 Å². The van der Waals surface area contributed by atoms with E-state index >= 15 is 0 Å². The fraction of sp³-hybridized carbons (Fsp3) is 0.556. The van der Waals surface area contributed by atoms with Crippen molar-refractivity contribution >= 4 is 21.6 Å². The molecule has 17 heavy (non-hydrogen) atoms. The molecule has 0 saturated carbocycles. The monoisotopic (exact) mass is 260 g/mol. The number of anilines is 2. The van der Waals surface area contributed by atoms with E-state index < -0.39 is 15.7 Å². The highest BCUT2D eigenvalue weighted by molar-refractivity contribution is 7.91. The minimum absolute atomic E-state index is 0.0192. The number of nitrogens with zero attached hydrogens (tertiary/aromatic N) is 2. The maximum atomic E-state index is 13.4. The lowest BCUT2D eigenvalue weighted by Gasteiger charge is -2.12. The minimum Gasteiger partial charge on any atom is -0.364 e. The van der Waals surface area contributed by atoms with E-state index in [1.165, 1.54) is 0 Å². The Kier molecular flexibility index (Phi) is 3.14. The number of halogens is 1. The molecule has 2 N–H and O–H groups in total. The fourth-order valence-electron chi connectivity index (χ4n) is 1.69. The predicted octanol–water partition coefficient (Wildman–Crippen LogP) is 0.256. The van der Waals surface area contributed by atoms with Gasteiger partial charge in [-0.3, -0.25) is 0 Å². The smallest absolute Gasteiger partial charge is 0.224 e. The summed E-state index contributed by atoms with van der Waals surface area (Å²) < 4.78 is 35.9. The summed E-state index contributed by atoms with van der Waals surface area (Å²) in [6, 6.07) is -0.283. The largest absolute Gasteiger partial charge is 0.364 e. The molecule has 0 amide bonds. The Bertz CT molecular complexity index is 520. The van der Waals surface area contributed by atoms with Crippen molar-refractivity contribution in [2.24, 2.45) is 0 Å². The molecule has 8 heteroatoms. The topological polar surface area (TPSA) is 84.0 Å². The number of rotatable bonds is 3. The van der Waals surface area contributed by atoms with E-state index in [9.17, 15) is 12.8 Å². The molecular weight excluding hydrogens is 247 g/mol. The quantitative estimate of drug-likeness (QED) is 0.811. The Balaban J connectivity index is 2.13. The van der Waals surface area contributed by atoms with Crippen LogP contribution < -0.4 is 10.6 Å². The van der Waals surface area contributed by atoms with E-state index in [0.29, 0.717) is 6.42 Å². The van der Waals surface area contributed by atoms with Crippen molar-refractivity contribution in [2.45, 2.75) is 12.5 Å². The Morgan fingerprint density at radius 1 is 1.53 bits per heavy atom. The van der Waals surface area contributed by atoms with Crippen molar-refractivity contribution in [3.8, 4) is 0 Å². The Morgan fingerprint density at radius 3 is 2.88 bits per heavy atom. The summed E-state index contributed by atoms with van der Waals surface area (Å²) in [5, 5.41) is 5.48. The highest BCUT2D eigenvalue weighted by Crippen LogP contribution is 2.18. The van der Waals surface area contributed by atoms with Gasteiger partial charge in [0, 0.05) is 13.1 Å². The van der Waals surface area contributed by atoms with Gasteiger partial charge in [0.1, 0.15) is 0 Å². The summed E-state index contributed by atoms with van der Waals surface area (Å²) in [4.78, 5) is 7.60. The maximum absolute atomic E-state index is 13.4. The van der Waals surface area contributed by atoms with Gasteiger partial charge in [-0.15, -0.1) is 0 Å². The van der Waals surface area contributed by atoms with Crippen molar-refractivity contribution in [3.05, 3.63) is 12.0 Å². The second-order valence-corrected chi connectivity index (χ2v) is 6.11. The number of hydrogen-bond donors (Lipinski definition) is 2. The van der Waals surface area contributed by atoms with Gasteiger partial charge in [-0.25, -0.2) is 17.8 Å². The molecule has 2 rings (SSSR count). The molecule has 1 atom stereocenters. The van der Waals surface area contributed by atoms with Gasteiger partial charge in [0.05, 0.1) is 17.7 Å². The van der Waals surface area contributed by atoms with E-state index in [1.807, 2.05) is 0 Å². The van der Waals surface area contributed by atoms with Crippen LogP contribution in [0.1, 0.15) is 6.42 Å². The van der Waals surface area contributed by atoms with Crippen LogP contribution in [0.3, 0.4) is 0 Å². The van der Waals surface area contributed by atoms with Crippen molar-refractivity contribution in [1.29, 1.82) is 0 Å². The molecule has 2 heterocycles. The van der Waals surface area contributed by atoms with Crippen LogP contribution >= 0.6 is 0 Å². The highest BCUT2D eigenvalue weighted by Gasteiger charge is 2.28. The van der Waals surface area contributed by atoms with E-state index in [1.54, 1.807) is 7.05 Å². The summed E-state index contributed by atoms with van der Waals surface area (Å²) in [6.07, 6.45) is 1.52. The van der Waals surface area contributed by atoms with E-state index in [-0.39, 0.29) is 29.3 Å². The molecule has 1 saturated heterocycles. The third-order valence-electron chi connectivity index (χ3n) is 2.54. The molecule has 0 aromatic carbocycles. The molecule has 1 fully saturated rings. The highest BCUT2D eigenvalue weighted by atomic mass is 32.2. The van der Waals surface area contributed by atoms with Crippen LogP contribution in [0.25, 0.3) is 0 Å². The summed E-state index contributed by atoms with van der Waals surface area (Å²) in [5.74, 6) is -0.115. The van der Waals surface area contributed by atoms with Crippen LogP contribution in [0.4, 0.5) is 16.2 Å².